The highest BCUT2D eigenvalue weighted by molar-refractivity contribution is 6.04. The van der Waals surface area contributed by atoms with E-state index in [2.05, 4.69) is 57.3 Å². The maximum absolute atomic E-state index is 6.12. The first-order valence-electron chi connectivity index (χ1n) is 10.4. The summed E-state index contributed by atoms with van der Waals surface area (Å²) in [6.07, 6.45) is 4.88. The van der Waals surface area contributed by atoms with Gasteiger partial charge < -0.3 is 19.5 Å². The Labute approximate surface area is 178 Å². The fourth-order valence-electron chi connectivity index (χ4n) is 4.18. The van der Waals surface area contributed by atoms with Crippen molar-refractivity contribution >= 4 is 39.1 Å². The minimum absolute atomic E-state index is 0.217. The summed E-state index contributed by atoms with van der Waals surface area (Å²) in [5.74, 6) is 0.681. The number of H-pyrrole nitrogens is 1. The number of pyridine rings is 1. The summed E-state index contributed by atoms with van der Waals surface area (Å²) in [6, 6.07) is 8.34. The Balaban J connectivity index is 1.29. The zero-order valence-electron chi connectivity index (χ0n) is 17.4. The molecule has 0 spiro atoms. The third kappa shape index (κ3) is 3.19. The van der Waals surface area contributed by atoms with Crippen LogP contribution in [0.2, 0.25) is 0 Å². The van der Waals surface area contributed by atoms with Gasteiger partial charge in [0.1, 0.15) is 11.8 Å². The molecule has 0 bridgehead atoms. The summed E-state index contributed by atoms with van der Waals surface area (Å²) >= 11 is 0. The van der Waals surface area contributed by atoms with Crippen LogP contribution in [-0.2, 0) is 24.2 Å². The Bertz CT molecular complexity index is 1430. The van der Waals surface area contributed by atoms with Gasteiger partial charge in [-0.05, 0) is 44.0 Å². The van der Waals surface area contributed by atoms with Gasteiger partial charge in [-0.15, -0.1) is 0 Å². The molecule has 1 aromatic carbocycles. The summed E-state index contributed by atoms with van der Waals surface area (Å²) in [6.45, 7) is 5.43. The Morgan fingerprint density at radius 1 is 1.16 bits per heavy atom. The molecule has 4 aromatic heterocycles. The van der Waals surface area contributed by atoms with E-state index in [9.17, 15) is 0 Å². The standard InChI is InChI=1S/C23H22N6O2/c1-23(2)9-18-14(10-30-23)8-15-19-20(31-22(15)29-18)21(28-12-27-19)24-6-5-13-3-4-16-17(7-13)26-11-25-16/h3-4,7-8,11-12H,5-6,9-10H2,1-2H3,(H,25,26)(H,24,27,28). The van der Waals surface area contributed by atoms with E-state index in [0.717, 1.165) is 52.6 Å². The summed E-state index contributed by atoms with van der Waals surface area (Å²) in [5, 5.41) is 4.29. The van der Waals surface area contributed by atoms with E-state index in [0.29, 0.717) is 23.7 Å². The minimum atomic E-state index is -0.217. The molecule has 0 atom stereocenters. The highest BCUT2D eigenvalue weighted by Gasteiger charge is 2.28. The molecule has 31 heavy (non-hydrogen) atoms. The number of furan rings is 1. The van der Waals surface area contributed by atoms with Crippen LogP contribution in [0.3, 0.4) is 0 Å². The van der Waals surface area contributed by atoms with Gasteiger partial charge in [-0.25, -0.2) is 19.9 Å². The molecule has 0 unspecified atom stereocenters. The predicted octanol–water partition coefficient (Wildman–Crippen LogP) is 4.15. The van der Waals surface area contributed by atoms with E-state index >= 15 is 0 Å². The van der Waals surface area contributed by atoms with Crippen molar-refractivity contribution in [1.82, 2.24) is 24.9 Å². The van der Waals surface area contributed by atoms with Crippen molar-refractivity contribution in [2.24, 2.45) is 0 Å². The number of aromatic nitrogens is 5. The fourth-order valence-corrected chi connectivity index (χ4v) is 4.18. The summed E-state index contributed by atoms with van der Waals surface area (Å²) < 4.78 is 12.1. The molecular weight excluding hydrogens is 392 g/mol. The molecule has 156 valence electrons. The van der Waals surface area contributed by atoms with Crippen LogP contribution in [0.25, 0.3) is 33.2 Å². The van der Waals surface area contributed by atoms with E-state index < -0.39 is 0 Å². The molecule has 0 radical (unpaired) electrons. The second kappa shape index (κ2) is 6.75. The normalized spacial score (nSPS) is 15.5. The molecule has 0 fully saturated rings. The number of imidazole rings is 1. The van der Waals surface area contributed by atoms with Crippen LogP contribution in [0.15, 0.2) is 41.3 Å². The zero-order chi connectivity index (χ0) is 21.0. The molecule has 0 aliphatic carbocycles. The SMILES string of the molecule is CC1(C)Cc2nc3oc4c(NCCc5ccc6nc[nH]c6c5)ncnc4c3cc2CO1. The van der Waals surface area contributed by atoms with Gasteiger partial charge in [-0.1, -0.05) is 6.07 Å². The minimum Gasteiger partial charge on any atom is -0.432 e. The lowest BCUT2D eigenvalue weighted by Gasteiger charge is -2.30. The summed E-state index contributed by atoms with van der Waals surface area (Å²) in [7, 11) is 0. The molecule has 1 aliphatic rings. The molecule has 0 amide bonds. The number of anilines is 1. The third-order valence-electron chi connectivity index (χ3n) is 5.82. The maximum atomic E-state index is 6.12. The van der Waals surface area contributed by atoms with E-state index in [4.69, 9.17) is 14.1 Å². The first kappa shape index (κ1) is 18.3. The van der Waals surface area contributed by atoms with Crippen molar-refractivity contribution < 1.29 is 9.15 Å². The number of hydrogen-bond acceptors (Lipinski definition) is 7. The first-order valence-corrected chi connectivity index (χ1v) is 10.4. The van der Waals surface area contributed by atoms with Crippen LogP contribution < -0.4 is 5.32 Å². The van der Waals surface area contributed by atoms with Crippen LogP contribution in [0.1, 0.15) is 30.7 Å². The molecule has 8 nitrogen and oxygen atoms in total. The number of hydrogen-bond donors (Lipinski definition) is 2. The summed E-state index contributed by atoms with van der Waals surface area (Å²) in [5.41, 5.74) is 7.14. The first-order chi connectivity index (χ1) is 15.1. The second-order valence-corrected chi connectivity index (χ2v) is 8.60. The lowest BCUT2D eigenvalue weighted by atomic mass is 9.95. The Hall–Kier alpha value is -3.52. The smallest absolute Gasteiger partial charge is 0.229 e. The van der Waals surface area contributed by atoms with Crippen molar-refractivity contribution in [3.63, 3.8) is 0 Å². The Kier molecular flexibility index (Phi) is 3.97. The average molecular weight is 414 g/mol. The number of nitrogens with zero attached hydrogens (tertiary/aromatic N) is 4. The van der Waals surface area contributed by atoms with E-state index in [1.807, 2.05) is 6.07 Å². The zero-order valence-corrected chi connectivity index (χ0v) is 17.4. The van der Waals surface area contributed by atoms with Crippen molar-refractivity contribution in [3.05, 3.63) is 53.7 Å². The third-order valence-corrected chi connectivity index (χ3v) is 5.82. The van der Waals surface area contributed by atoms with Crippen LogP contribution in [0.5, 0.6) is 0 Å². The van der Waals surface area contributed by atoms with Crippen LogP contribution in [0.4, 0.5) is 5.82 Å². The van der Waals surface area contributed by atoms with E-state index in [1.54, 1.807) is 12.7 Å². The van der Waals surface area contributed by atoms with Crippen molar-refractivity contribution in [2.45, 2.75) is 38.9 Å². The monoisotopic (exact) mass is 414 g/mol. The molecule has 8 heteroatoms. The van der Waals surface area contributed by atoms with Gasteiger partial charge >= 0.3 is 0 Å². The van der Waals surface area contributed by atoms with Crippen molar-refractivity contribution in [3.8, 4) is 0 Å². The van der Waals surface area contributed by atoms with Gasteiger partial charge in [0, 0.05) is 18.5 Å². The highest BCUT2D eigenvalue weighted by atomic mass is 16.5. The number of benzene rings is 1. The van der Waals surface area contributed by atoms with Gasteiger partial charge in [-0.3, -0.25) is 0 Å². The van der Waals surface area contributed by atoms with Gasteiger partial charge in [0.25, 0.3) is 0 Å². The van der Waals surface area contributed by atoms with Crippen LogP contribution in [0, 0.1) is 0 Å². The Morgan fingerprint density at radius 2 is 2.10 bits per heavy atom. The average Bonchev–Trinajstić information content (AvgIpc) is 3.36. The topological polar surface area (TPSA) is 102 Å². The van der Waals surface area contributed by atoms with E-state index in [-0.39, 0.29) is 5.60 Å². The molecular formula is C23H22N6O2. The molecule has 5 aromatic rings. The molecule has 6 rings (SSSR count). The quantitative estimate of drug-likeness (QED) is 0.455. The highest BCUT2D eigenvalue weighted by Crippen LogP contribution is 2.34. The number of fused-ring (bicyclic) bond motifs is 5. The van der Waals surface area contributed by atoms with Gasteiger partial charge in [0.15, 0.2) is 11.4 Å². The second-order valence-electron chi connectivity index (χ2n) is 8.60. The Morgan fingerprint density at radius 3 is 3.03 bits per heavy atom. The largest absolute Gasteiger partial charge is 0.432 e. The number of nitrogens with one attached hydrogen (secondary N) is 2. The molecule has 0 saturated carbocycles. The van der Waals surface area contributed by atoms with Gasteiger partial charge in [-0.2, -0.15) is 0 Å². The van der Waals surface area contributed by atoms with Crippen molar-refractivity contribution in [1.29, 1.82) is 0 Å². The maximum Gasteiger partial charge on any atom is 0.229 e. The van der Waals surface area contributed by atoms with E-state index in [1.165, 1.54) is 5.56 Å². The fraction of sp³-hybridized carbons (Fsp3) is 0.304. The van der Waals surface area contributed by atoms with Gasteiger partial charge in [0.2, 0.25) is 5.71 Å². The number of rotatable bonds is 4. The lowest BCUT2D eigenvalue weighted by Crippen LogP contribution is -2.32. The van der Waals surface area contributed by atoms with Gasteiger partial charge in [0.05, 0.1) is 40.6 Å². The lowest BCUT2D eigenvalue weighted by molar-refractivity contribution is -0.0411. The molecule has 2 N–H and O–H groups in total. The van der Waals surface area contributed by atoms with Crippen LogP contribution in [-0.4, -0.2) is 37.1 Å². The van der Waals surface area contributed by atoms with Crippen LogP contribution >= 0.6 is 0 Å². The van der Waals surface area contributed by atoms with Crippen molar-refractivity contribution in [2.75, 3.05) is 11.9 Å². The number of ether oxygens (including phenoxy) is 1. The summed E-state index contributed by atoms with van der Waals surface area (Å²) in [4.78, 5) is 21.1. The predicted molar refractivity (Wildman–Crippen MR) is 118 cm³/mol. The molecule has 0 saturated heterocycles. The molecule has 5 heterocycles. The molecule has 1 aliphatic heterocycles. The number of aromatic amines is 1.